The van der Waals surface area contributed by atoms with E-state index in [2.05, 4.69) is 44.3 Å². The molecule has 2 nitrogen and oxygen atoms in total. The first-order valence-electron chi connectivity index (χ1n) is 7.24. The van der Waals surface area contributed by atoms with Crippen LogP contribution in [0.4, 0.5) is 0 Å². The predicted molar refractivity (Wildman–Crippen MR) is 76.7 cm³/mol. The van der Waals surface area contributed by atoms with Crippen molar-refractivity contribution in [1.82, 2.24) is 5.32 Å². The van der Waals surface area contributed by atoms with Crippen LogP contribution in [0.2, 0.25) is 0 Å². The highest BCUT2D eigenvalue weighted by Crippen LogP contribution is 2.47. The summed E-state index contributed by atoms with van der Waals surface area (Å²) >= 11 is 0. The number of nitrogens with one attached hydrogen (secondary N) is 1. The largest absolute Gasteiger partial charge is 0.461 e. The van der Waals surface area contributed by atoms with E-state index in [0.29, 0.717) is 5.92 Å². The molecule has 1 aliphatic rings. The average Bonchev–Trinajstić information content (AvgIpc) is 2.91. The fourth-order valence-electron chi connectivity index (χ4n) is 2.27. The maximum Gasteiger partial charge on any atom is 0.127 e. The van der Waals surface area contributed by atoms with Crippen LogP contribution in [0.1, 0.15) is 57.5 Å². The Morgan fingerprint density at radius 2 is 2.22 bits per heavy atom. The molecule has 1 aliphatic carbocycles. The highest BCUT2D eigenvalue weighted by molar-refractivity contribution is 5.48. The third kappa shape index (κ3) is 3.49. The number of rotatable bonds is 7. The van der Waals surface area contributed by atoms with Crippen molar-refractivity contribution in [2.45, 2.75) is 46.0 Å². The third-order valence-corrected chi connectivity index (χ3v) is 3.70. The van der Waals surface area contributed by atoms with E-state index in [1.165, 1.54) is 24.2 Å². The lowest BCUT2D eigenvalue weighted by atomic mass is 10.1. The van der Waals surface area contributed by atoms with Gasteiger partial charge in [-0.25, -0.2) is 0 Å². The summed E-state index contributed by atoms with van der Waals surface area (Å²) in [6.45, 7) is 8.74. The lowest BCUT2D eigenvalue weighted by molar-refractivity contribution is 0.497. The minimum absolute atomic E-state index is 0.676. The van der Waals surface area contributed by atoms with Gasteiger partial charge in [-0.05, 0) is 49.9 Å². The maximum absolute atomic E-state index is 5.91. The summed E-state index contributed by atoms with van der Waals surface area (Å²) in [5, 5.41) is 3.45. The molecular weight excluding hydrogens is 222 g/mol. The Bertz CT molecular complexity index is 405. The summed E-state index contributed by atoms with van der Waals surface area (Å²) in [6.07, 6.45) is 5.74. The Kier molecular flexibility index (Phi) is 4.65. The molecule has 1 N–H and O–H groups in total. The number of hydrogen-bond donors (Lipinski definition) is 1. The summed E-state index contributed by atoms with van der Waals surface area (Å²) in [5.41, 5.74) is 1.41. The van der Waals surface area contributed by atoms with Crippen LogP contribution in [-0.4, -0.2) is 13.1 Å². The van der Waals surface area contributed by atoms with Crippen LogP contribution in [-0.2, 0) is 0 Å². The first-order chi connectivity index (χ1) is 8.74. The van der Waals surface area contributed by atoms with Gasteiger partial charge in [0.15, 0.2) is 0 Å². The van der Waals surface area contributed by atoms with Gasteiger partial charge in [-0.3, -0.25) is 0 Å². The summed E-state index contributed by atoms with van der Waals surface area (Å²) in [7, 11) is 0. The van der Waals surface area contributed by atoms with E-state index < -0.39 is 0 Å². The molecule has 0 aliphatic heterocycles. The topological polar surface area (TPSA) is 25.2 Å². The van der Waals surface area contributed by atoms with Gasteiger partial charge >= 0.3 is 0 Å². The summed E-state index contributed by atoms with van der Waals surface area (Å²) in [6, 6.07) is 4.25. The molecule has 1 heterocycles. The molecule has 0 spiro atoms. The monoisotopic (exact) mass is 247 g/mol. The van der Waals surface area contributed by atoms with Gasteiger partial charge < -0.3 is 9.73 Å². The molecule has 1 aromatic rings. The number of furan rings is 1. The minimum Gasteiger partial charge on any atom is -0.461 e. The SMILES string of the molecule is CCCNCC(=Cc1ccc(C2CC2C)o1)CC. The van der Waals surface area contributed by atoms with E-state index in [9.17, 15) is 0 Å². The van der Waals surface area contributed by atoms with E-state index in [4.69, 9.17) is 4.42 Å². The van der Waals surface area contributed by atoms with Crippen molar-refractivity contribution in [3.8, 4) is 0 Å². The van der Waals surface area contributed by atoms with Gasteiger partial charge in [-0.15, -0.1) is 0 Å². The first kappa shape index (κ1) is 13.4. The van der Waals surface area contributed by atoms with Crippen LogP contribution in [0.5, 0.6) is 0 Å². The Morgan fingerprint density at radius 3 is 2.83 bits per heavy atom. The normalized spacial score (nSPS) is 23.4. The van der Waals surface area contributed by atoms with E-state index in [-0.39, 0.29) is 0 Å². The molecule has 1 saturated carbocycles. The lowest BCUT2D eigenvalue weighted by Crippen LogP contribution is -2.17. The quantitative estimate of drug-likeness (QED) is 0.731. The Morgan fingerprint density at radius 1 is 1.44 bits per heavy atom. The van der Waals surface area contributed by atoms with Crippen molar-refractivity contribution in [3.05, 3.63) is 29.2 Å². The summed E-state index contributed by atoms with van der Waals surface area (Å²) < 4.78 is 5.91. The molecule has 2 unspecified atom stereocenters. The molecule has 2 heteroatoms. The molecule has 0 aromatic carbocycles. The van der Waals surface area contributed by atoms with Crippen molar-refractivity contribution in [1.29, 1.82) is 0 Å². The standard InChI is InChI=1S/C16H25NO/c1-4-8-17-11-13(5-2)10-14-6-7-16(18-14)15-9-12(15)3/h6-7,10,12,15,17H,4-5,8-9,11H2,1-3H3. The zero-order valence-corrected chi connectivity index (χ0v) is 11.8. The average molecular weight is 247 g/mol. The van der Waals surface area contributed by atoms with Crippen molar-refractivity contribution in [2.75, 3.05) is 13.1 Å². The van der Waals surface area contributed by atoms with E-state index in [1.807, 2.05) is 0 Å². The number of hydrogen-bond acceptors (Lipinski definition) is 2. The van der Waals surface area contributed by atoms with E-state index in [1.54, 1.807) is 0 Å². The second kappa shape index (κ2) is 6.24. The molecule has 1 aromatic heterocycles. The summed E-state index contributed by atoms with van der Waals surface area (Å²) in [5.74, 6) is 3.67. The third-order valence-electron chi connectivity index (χ3n) is 3.70. The van der Waals surface area contributed by atoms with Gasteiger partial charge in [-0.2, -0.15) is 0 Å². The van der Waals surface area contributed by atoms with Crippen LogP contribution in [0, 0.1) is 5.92 Å². The highest BCUT2D eigenvalue weighted by Gasteiger charge is 2.36. The zero-order valence-electron chi connectivity index (χ0n) is 11.8. The van der Waals surface area contributed by atoms with Crippen molar-refractivity contribution < 1.29 is 4.42 Å². The second-order valence-corrected chi connectivity index (χ2v) is 5.39. The Labute approximate surface area is 110 Å². The molecule has 0 saturated heterocycles. The van der Waals surface area contributed by atoms with Gasteiger partial charge in [0.25, 0.3) is 0 Å². The lowest BCUT2D eigenvalue weighted by Gasteiger charge is -2.05. The fourth-order valence-corrected chi connectivity index (χ4v) is 2.27. The molecule has 0 amide bonds. The van der Waals surface area contributed by atoms with Crippen molar-refractivity contribution in [2.24, 2.45) is 5.92 Å². The van der Waals surface area contributed by atoms with Gasteiger partial charge in [-0.1, -0.05) is 26.3 Å². The van der Waals surface area contributed by atoms with Crippen molar-refractivity contribution >= 4 is 6.08 Å². The van der Waals surface area contributed by atoms with Crippen LogP contribution in [0.25, 0.3) is 6.08 Å². The summed E-state index contributed by atoms with van der Waals surface area (Å²) in [4.78, 5) is 0. The van der Waals surface area contributed by atoms with Gasteiger partial charge in [0.05, 0.1) is 0 Å². The highest BCUT2D eigenvalue weighted by atomic mass is 16.3. The molecule has 2 rings (SSSR count). The van der Waals surface area contributed by atoms with Gasteiger partial charge in [0.2, 0.25) is 0 Å². The maximum atomic E-state index is 5.91. The van der Waals surface area contributed by atoms with Crippen molar-refractivity contribution in [3.63, 3.8) is 0 Å². The van der Waals surface area contributed by atoms with Crippen LogP contribution >= 0.6 is 0 Å². The molecular formula is C16H25NO. The Hall–Kier alpha value is -1.02. The van der Waals surface area contributed by atoms with Crippen LogP contribution in [0.15, 0.2) is 22.1 Å². The van der Waals surface area contributed by atoms with E-state index in [0.717, 1.165) is 31.2 Å². The molecule has 18 heavy (non-hydrogen) atoms. The van der Waals surface area contributed by atoms with E-state index >= 15 is 0 Å². The minimum atomic E-state index is 0.676. The van der Waals surface area contributed by atoms with Crippen LogP contribution < -0.4 is 5.32 Å². The fraction of sp³-hybridized carbons (Fsp3) is 0.625. The van der Waals surface area contributed by atoms with Gasteiger partial charge in [0, 0.05) is 12.5 Å². The molecule has 1 fully saturated rings. The van der Waals surface area contributed by atoms with Gasteiger partial charge in [0.1, 0.15) is 11.5 Å². The predicted octanol–water partition coefficient (Wildman–Crippen LogP) is 4.20. The second-order valence-electron chi connectivity index (χ2n) is 5.39. The van der Waals surface area contributed by atoms with Crippen LogP contribution in [0.3, 0.4) is 0 Å². The molecule has 0 radical (unpaired) electrons. The Balaban J connectivity index is 1.94. The molecule has 0 bridgehead atoms. The molecule has 2 atom stereocenters. The first-order valence-corrected chi connectivity index (χ1v) is 7.24. The molecule has 100 valence electrons. The zero-order chi connectivity index (χ0) is 13.0. The smallest absolute Gasteiger partial charge is 0.127 e.